The summed E-state index contributed by atoms with van der Waals surface area (Å²) >= 11 is 0. The van der Waals surface area contributed by atoms with Gasteiger partial charge in [0.1, 0.15) is 17.9 Å². The number of sulfonamides is 1. The summed E-state index contributed by atoms with van der Waals surface area (Å²) in [4.78, 5) is 15.3. The summed E-state index contributed by atoms with van der Waals surface area (Å²) in [6, 6.07) is 0. The fourth-order valence-electron chi connectivity index (χ4n) is 6.49. The van der Waals surface area contributed by atoms with Crippen LogP contribution in [0.3, 0.4) is 0 Å². The molecule has 8 heteroatoms. The van der Waals surface area contributed by atoms with Gasteiger partial charge in [0.25, 0.3) is 0 Å². The topological polar surface area (TPSA) is 75.9 Å². The zero-order chi connectivity index (χ0) is 21.9. The van der Waals surface area contributed by atoms with Crippen LogP contribution in [0.1, 0.15) is 53.4 Å². The maximum absolute atomic E-state index is 13.3. The molecule has 0 aromatic carbocycles. The van der Waals surface area contributed by atoms with Gasteiger partial charge in [0.05, 0.1) is 5.75 Å². The zero-order valence-corrected chi connectivity index (χ0v) is 19.7. The van der Waals surface area contributed by atoms with E-state index in [4.69, 9.17) is 9.47 Å². The maximum Gasteiger partial charge on any atom is 0.328 e. The van der Waals surface area contributed by atoms with Crippen LogP contribution >= 0.6 is 0 Å². The number of nitrogens with zero attached hydrogens (tertiary/aromatic N) is 2. The molecule has 2 aliphatic carbocycles. The van der Waals surface area contributed by atoms with Crippen molar-refractivity contribution < 1.29 is 22.7 Å². The predicted octanol–water partition coefficient (Wildman–Crippen LogP) is 2.38. The smallest absolute Gasteiger partial charge is 0.328 e. The number of esters is 1. The number of hydrogen-bond acceptors (Lipinski definition) is 6. The Morgan fingerprint density at radius 1 is 1.27 bits per heavy atom. The van der Waals surface area contributed by atoms with Crippen LogP contribution in [-0.2, 0) is 24.3 Å². The highest BCUT2D eigenvalue weighted by Crippen LogP contribution is 2.67. The quantitative estimate of drug-likeness (QED) is 0.328. The number of carbonyl (C=O) groups excluding carboxylic acids is 1. The number of ether oxygens (including phenoxy) is 2. The van der Waals surface area contributed by atoms with Crippen LogP contribution in [-0.4, -0.2) is 74.0 Å². The Balaban J connectivity index is 1.58. The van der Waals surface area contributed by atoms with E-state index in [1.54, 1.807) is 11.4 Å². The molecule has 0 radical (unpaired) electrons. The van der Waals surface area contributed by atoms with Crippen LogP contribution in [0, 0.1) is 16.7 Å². The molecule has 3 fully saturated rings. The first-order chi connectivity index (χ1) is 14.1. The minimum absolute atomic E-state index is 0.0560. The second-order valence-corrected chi connectivity index (χ2v) is 12.0. The van der Waals surface area contributed by atoms with Crippen molar-refractivity contribution in [2.75, 3.05) is 32.5 Å². The van der Waals surface area contributed by atoms with Crippen LogP contribution in [0.2, 0.25) is 0 Å². The lowest BCUT2D eigenvalue weighted by Gasteiger charge is -2.42. The second kappa shape index (κ2) is 7.29. The highest BCUT2D eigenvalue weighted by molar-refractivity contribution is 7.89. The van der Waals surface area contributed by atoms with Crippen LogP contribution < -0.4 is 0 Å². The summed E-state index contributed by atoms with van der Waals surface area (Å²) in [5.74, 6) is 0.218. The molecule has 0 aromatic heterocycles. The van der Waals surface area contributed by atoms with Crippen molar-refractivity contribution in [3.8, 4) is 0 Å². The summed E-state index contributed by atoms with van der Waals surface area (Å²) < 4.78 is 39.7. The third kappa shape index (κ3) is 3.01. The van der Waals surface area contributed by atoms with Crippen molar-refractivity contribution in [3.63, 3.8) is 0 Å². The Hall–Kier alpha value is -0.960. The van der Waals surface area contributed by atoms with Crippen molar-refractivity contribution in [3.05, 3.63) is 12.2 Å². The molecule has 7 nitrogen and oxygen atoms in total. The SMILES string of the molecule is CCN(CC)S(=O)(=O)C[C@@]12CC[C@H](C[C@H]1OC(=O)[C@@]13CC=C[C@@H](OC)N1C3)C2(C)C. The van der Waals surface area contributed by atoms with Gasteiger partial charge in [-0.15, -0.1) is 0 Å². The number of carbonyl (C=O) groups is 1. The van der Waals surface area contributed by atoms with Crippen LogP contribution in [0.5, 0.6) is 0 Å². The van der Waals surface area contributed by atoms with Crippen molar-refractivity contribution in [2.24, 2.45) is 16.7 Å². The number of rotatable bonds is 8. The van der Waals surface area contributed by atoms with Crippen LogP contribution in [0.15, 0.2) is 12.2 Å². The lowest BCUT2D eigenvalue weighted by Crippen LogP contribution is -2.50. The molecule has 4 aliphatic rings. The standard InChI is InChI=1S/C22H36N2O5S/c1-6-23(7-2)30(26,27)15-21-12-10-16(20(21,3)4)13-17(21)29-19(25)22-11-8-9-18(28-5)24(22)14-22/h8-9,16-18H,6-7,10-15H2,1-5H3/t16-,17-,18-,21+,22+,24?/m1/s1. The van der Waals surface area contributed by atoms with Gasteiger partial charge >= 0.3 is 5.97 Å². The van der Waals surface area contributed by atoms with Gasteiger partial charge in [-0.05, 0) is 43.1 Å². The molecule has 0 N–H and O–H groups in total. The van der Waals surface area contributed by atoms with Gasteiger partial charge in [0.15, 0.2) is 0 Å². The average molecular weight is 441 g/mol. The van der Waals surface area contributed by atoms with Crippen LogP contribution in [0.4, 0.5) is 0 Å². The summed E-state index contributed by atoms with van der Waals surface area (Å²) in [7, 11) is -1.79. The Kier molecular flexibility index (Phi) is 5.40. The van der Waals surface area contributed by atoms with E-state index in [1.165, 1.54) is 0 Å². The third-order valence-corrected chi connectivity index (χ3v) is 10.9. The summed E-state index contributed by atoms with van der Waals surface area (Å²) in [5.41, 5.74) is -1.35. The summed E-state index contributed by atoms with van der Waals surface area (Å²) in [6.45, 7) is 9.64. The fourth-order valence-corrected chi connectivity index (χ4v) is 8.82. The van der Waals surface area contributed by atoms with Gasteiger partial charge < -0.3 is 9.47 Å². The molecule has 6 atom stereocenters. The molecule has 1 unspecified atom stereocenters. The minimum Gasteiger partial charge on any atom is -0.460 e. The Bertz CT molecular complexity index is 836. The van der Waals surface area contributed by atoms with E-state index in [0.717, 1.165) is 19.3 Å². The molecule has 2 heterocycles. The van der Waals surface area contributed by atoms with Crippen molar-refractivity contribution in [2.45, 2.75) is 71.2 Å². The van der Waals surface area contributed by atoms with Gasteiger partial charge in [-0.25, -0.2) is 17.5 Å². The van der Waals surface area contributed by atoms with Gasteiger partial charge in [-0.3, -0.25) is 4.90 Å². The van der Waals surface area contributed by atoms with Crippen molar-refractivity contribution in [1.29, 1.82) is 0 Å². The Morgan fingerprint density at radius 2 is 1.97 bits per heavy atom. The molecule has 2 bridgehead atoms. The molecule has 2 aliphatic heterocycles. The molecule has 2 saturated carbocycles. The largest absolute Gasteiger partial charge is 0.460 e. The molecule has 4 rings (SSSR count). The number of fused-ring (bicyclic) bond motifs is 3. The van der Waals surface area contributed by atoms with Gasteiger partial charge in [0, 0.05) is 32.2 Å². The zero-order valence-electron chi connectivity index (χ0n) is 18.9. The normalized spacial score (nSPS) is 41.1. The predicted molar refractivity (Wildman–Crippen MR) is 114 cm³/mol. The minimum atomic E-state index is -3.43. The molecule has 1 saturated heterocycles. The number of hydrogen-bond donors (Lipinski definition) is 0. The van der Waals surface area contributed by atoms with Crippen molar-refractivity contribution >= 4 is 16.0 Å². The molecule has 0 spiro atoms. The molecule has 0 amide bonds. The number of methoxy groups -OCH3 is 1. The summed E-state index contributed by atoms with van der Waals surface area (Å²) in [5, 5.41) is 0. The van der Waals surface area contributed by atoms with Crippen LogP contribution in [0.25, 0.3) is 0 Å². The van der Waals surface area contributed by atoms with E-state index in [-0.39, 0.29) is 29.5 Å². The van der Waals surface area contributed by atoms with E-state index in [1.807, 2.05) is 30.9 Å². The van der Waals surface area contributed by atoms with E-state index >= 15 is 0 Å². The average Bonchev–Trinajstić information content (AvgIpc) is 3.36. The van der Waals surface area contributed by atoms with Crippen molar-refractivity contribution in [1.82, 2.24) is 9.21 Å². The van der Waals surface area contributed by atoms with Gasteiger partial charge in [-0.2, -0.15) is 0 Å². The van der Waals surface area contributed by atoms with E-state index in [2.05, 4.69) is 13.8 Å². The Morgan fingerprint density at radius 3 is 2.57 bits per heavy atom. The monoisotopic (exact) mass is 440 g/mol. The fraction of sp³-hybridized carbons (Fsp3) is 0.864. The highest BCUT2D eigenvalue weighted by atomic mass is 32.2. The highest BCUT2D eigenvalue weighted by Gasteiger charge is 2.69. The Labute approximate surface area is 180 Å². The van der Waals surface area contributed by atoms with E-state index in [9.17, 15) is 13.2 Å². The maximum atomic E-state index is 13.3. The van der Waals surface area contributed by atoms with E-state index < -0.39 is 21.0 Å². The third-order valence-electron chi connectivity index (χ3n) is 8.71. The first kappa shape index (κ1) is 22.2. The molecular formula is C22H36N2O5S. The molecule has 170 valence electrons. The molecule has 30 heavy (non-hydrogen) atoms. The van der Waals surface area contributed by atoms with E-state index in [0.29, 0.717) is 32.0 Å². The molecule has 0 aromatic rings. The first-order valence-electron chi connectivity index (χ1n) is 11.2. The summed E-state index contributed by atoms with van der Waals surface area (Å²) in [6.07, 6.45) is 6.58. The first-order valence-corrected chi connectivity index (χ1v) is 12.8. The molecular weight excluding hydrogens is 404 g/mol. The lowest BCUT2D eigenvalue weighted by molar-refractivity contribution is -0.162. The van der Waals surface area contributed by atoms with Gasteiger partial charge in [-0.1, -0.05) is 33.8 Å². The second-order valence-electron chi connectivity index (χ2n) is 10.0. The van der Waals surface area contributed by atoms with Gasteiger partial charge in [0.2, 0.25) is 10.0 Å². The lowest BCUT2D eigenvalue weighted by atomic mass is 9.69.